The van der Waals surface area contributed by atoms with Crippen molar-refractivity contribution in [1.29, 1.82) is 0 Å². The van der Waals surface area contributed by atoms with E-state index in [1.807, 2.05) is 0 Å². The van der Waals surface area contributed by atoms with Gasteiger partial charge in [-0.05, 0) is 19.3 Å². The molecule has 16 heavy (non-hydrogen) atoms. The summed E-state index contributed by atoms with van der Waals surface area (Å²) in [5.74, 6) is 1.30. The lowest BCUT2D eigenvalue weighted by Gasteiger charge is -2.17. The Kier molecular flexibility index (Phi) is 4.61. The number of hydrogen-bond donors (Lipinski definition) is 2. The summed E-state index contributed by atoms with van der Waals surface area (Å²) in [6, 6.07) is 0.324. The summed E-state index contributed by atoms with van der Waals surface area (Å²) in [5, 5.41) is 3.28. The van der Waals surface area contributed by atoms with Crippen molar-refractivity contribution >= 4 is 23.0 Å². The lowest BCUT2D eigenvalue weighted by molar-refractivity contribution is 0.538. The quantitative estimate of drug-likeness (QED) is 0.768. The van der Waals surface area contributed by atoms with E-state index >= 15 is 0 Å². The Morgan fingerprint density at radius 3 is 2.56 bits per heavy atom. The van der Waals surface area contributed by atoms with Crippen molar-refractivity contribution in [1.82, 2.24) is 9.97 Å². The monoisotopic (exact) mass is 238 g/mol. The van der Waals surface area contributed by atoms with Crippen LogP contribution in [0.4, 0.5) is 5.82 Å². The smallest absolute Gasteiger partial charge is 0.155 e. The number of nitrogens with zero attached hydrogens (tertiary/aromatic N) is 2. The van der Waals surface area contributed by atoms with E-state index in [4.69, 9.17) is 18.0 Å². The Balaban J connectivity index is 2.76. The van der Waals surface area contributed by atoms with Crippen molar-refractivity contribution in [3.8, 4) is 0 Å². The molecular weight excluding hydrogens is 220 g/mol. The molecule has 0 aromatic carbocycles. The summed E-state index contributed by atoms with van der Waals surface area (Å²) in [7, 11) is 0. The molecule has 0 aliphatic heterocycles. The Labute approximate surface area is 102 Å². The fourth-order valence-corrected chi connectivity index (χ4v) is 1.77. The average molecular weight is 238 g/mol. The molecule has 1 rings (SSSR count). The van der Waals surface area contributed by atoms with Gasteiger partial charge < -0.3 is 11.1 Å². The van der Waals surface area contributed by atoms with Crippen molar-refractivity contribution in [2.75, 3.05) is 5.32 Å². The predicted octanol–water partition coefficient (Wildman–Crippen LogP) is 1.96. The van der Waals surface area contributed by atoms with Crippen LogP contribution in [0.5, 0.6) is 0 Å². The molecule has 0 spiro atoms. The van der Waals surface area contributed by atoms with Crippen LogP contribution >= 0.6 is 12.2 Å². The Bertz CT molecular complexity index is 365. The maximum absolute atomic E-state index is 5.58. The van der Waals surface area contributed by atoms with Gasteiger partial charge in [-0.3, -0.25) is 0 Å². The van der Waals surface area contributed by atoms with Gasteiger partial charge in [-0.2, -0.15) is 0 Å². The van der Waals surface area contributed by atoms with Gasteiger partial charge in [-0.1, -0.05) is 26.1 Å². The number of aromatic nitrogens is 2. The number of nitrogens with one attached hydrogen (secondary N) is 1. The summed E-state index contributed by atoms with van der Waals surface area (Å²) in [6.07, 6.45) is 4.28. The van der Waals surface area contributed by atoms with Gasteiger partial charge in [0.25, 0.3) is 0 Å². The predicted molar refractivity (Wildman–Crippen MR) is 70.5 cm³/mol. The van der Waals surface area contributed by atoms with E-state index in [2.05, 4.69) is 36.1 Å². The second-order valence-electron chi connectivity index (χ2n) is 4.29. The Hall–Kier alpha value is -1.23. The van der Waals surface area contributed by atoms with Gasteiger partial charge >= 0.3 is 0 Å². The van der Waals surface area contributed by atoms with E-state index in [-0.39, 0.29) is 4.99 Å². The van der Waals surface area contributed by atoms with E-state index < -0.39 is 0 Å². The zero-order chi connectivity index (χ0) is 12.1. The van der Waals surface area contributed by atoms with Gasteiger partial charge in [0, 0.05) is 18.4 Å². The van der Waals surface area contributed by atoms with Gasteiger partial charge in [0.05, 0.1) is 0 Å². The van der Waals surface area contributed by atoms with E-state index in [1.54, 1.807) is 12.4 Å². The molecule has 1 aromatic heterocycles. The minimum atomic E-state index is 0.271. The van der Waals surface area contributed by atoms with Crippen molar-refractivity contribution in [3.63, 3.8) is 0 Å². The SMILES string of the molecule is CC(C)CC(C)Nc1nccnc1C(N)=S. The molecule has 0 bridgehead atoms. The molecule has 1 atom stereocenters. The molecule has 0 fully saturated rings. The average Bonchev–Trinajstić information content (AvgIpc) is 2.16. The van der Waals surface area contributed by atoms with Crippen LogP contribution in [-0.4, -0.2) is 21.0 Å². The van der Waals surface area contributed by atoms with E-state index in [0.29, 0.717) is 23.5 Å². The number of anilines is 1. The Morgan fingerprint density at radius 2 is 2.00 bits per heavy atom. The van der Waals surface area contributed by atoms with Crippen molar-refractivity contribution in [2.45, 2.75) is 33.2 Å². The molecule has 88 valence electrons. The highest BCUT2D eigenvalue weighted by Crippen LogP contribution is 2.13. The van der Waals surface area contributed by atoms with Crippen molar-refractivity contribution in [2.24, 2.45) is 11.7 Å². The first-order valence-electron chi connectivity index (χ1n) is 5.38. The molecule has 1 unspecified atom stereocenters. The van der Waals surface area contributed by atoms with E-state index in [1.165, 1.54) is 0 Å². The highest BCUT2D eigenvalue weighted by molar-refractivity contribution is 7.80. The first-order valence-corrected chi connectivity index (χ1v) is 5.79. The topological polar surface area (TPSA) is 63.8 Å². The summed E-state index contributed by atoms with van der Waals surface area (Å²) < 4.78 is 0. The van der Waals surface area contributed by atoms with Gasteiger partial charge in [-0.15, -0.1) is 0 Å². The number of thiocarbonyl (C=S) groups is 1. The number of hydrogen-bond acceptors (Lipinski definition) is 4. The minimum absolute atomic E-state index is 0.271. The molecule has 5 heteroatoms. The third-order valence-corrected chi connectivity index (χ3v) is 2.33. The van der Waals surface area contributed by atoms with Crippen LogP contribution < -0.4 is 11.1 Å². The number of rotatable bonds is 5. The zero-order valence-corrected chi connectivity index (χ0v) is 10.7. The van der Waals surface area contributed by atoms with Gasteiger partial charge in [0.1, 0.15) is 10.7 Å². The standard InChI is InChI=1S/C11H18N4S/c1-7(2)6-8(3)15-11-9(10(12)16)13-4-5-14-11/h4-5,7-8H,6H2,1-3H3,(H2,12,16)(H,14,15). The van der Waals surface area contributed by atoms with Crippen LogP contribution in [-0.2, 0) is 0 Å². The molecular formula is C11H18N4S. The lowest BCUT2D eigenvalue weighted by Crippen LogP contribution is -2.22. The second-order valence-corrected chi connectivity index (χ2v) is 4.73. The van der Waals surface area contributed by atoms with Gasteiger partial charge in [-0.25, -0.2) is 9.97 Å². The van der Waals surface area contributed by atoms with E-state index in [9.17, 15) is 0 Å². The van der Waals surface area contributed by atoms with Crippen molar-refractivity contribution < 1.29 is 0 Å². The maximum atomic E-state index is 5.58. The molecule has 4 nitrogen and oxygen atoms in total. The molecule has 1 aromatic rings. The van der Waals surface area contributed by atoms with E-state index in [0.717, 1.165) is 6.42 Å². The maximum Gasteiger partial charge on any atom is 0.155 e. The van der Waals surface area contributed by atoms with Crippen LogP contribution in [0.15, 0.2) is 12.4 Å². The van der Waals surface area contributed by atoms with Crippen molar-refractivity contribution in [3.05, 3.63) is 18.1 Å². The summed E-state index contributed by atoms with van der Waals surface area (Å²) in [6.45, 7) is 6.48. The van der Waals surface area contributed by atoms with Crippen LogP contribution in [0.1, 0.15) is 32.9 Å². The summed E-state index contributed by atoms with van der Waals surface area (Å²) in [5.41, 5.74) is 6.14. The second kappa shape index (κ2) is 5.75. The van der Waals surface area contributed by atoms with Gasteiger partial charge in [0.15, 0.2) is 5.82 Å². The molecule has 0 aliphatic carbocycles. The molecule has 0 aliphatic rings. The lowest BCUT2D eigenvalue weighted by atomic mass is 10.1. The minimum Gasteiger partial charge on any atom is -0.388 e. The van der Waals surface area contributed by atoms with Gasteiger partial charge in [0.2, 0.25) is 0 Å². The van der Waals surface area contributed by atoms with Crippen LogP contribution in [0.2, 0.25) is 0 Å². The largest absolute Gasteiger partial charge is 0.388 e. The third kappa shape index (κ3) is 3.73. The van der Waals surface area contributed by atoms with Crippen LogP contribution in [0.3, 0.4) is 0 Å². The summed E-state index contributed by atoms with van der Waals surface area (Å²) >= 11 is 4.93. The van der Waals surface area contributed by atoms with Crippen LogP contribution in [0.25, 0.3) is 0 Å². The third-order valence-electron chi connectivity index (χ3n) is 2.14. The molecule has 0 radical (unpaired) electrons. The highest BCUT2D eigenvalue weighted by atomic mass is 32.1. The molecule has 0 amide bonds. The molecule has 3 N–H and O–H groups in total. The zero-order valence-electron chi connectivity index (χ0n) is 9.90. The number of nitrogens with two attached hydrogens (primary N) is 1. The molecule has 0 saturated heterocycles. The first-order chi connectivity index (χ1) is 7.50. The Morgan fingerprint density at radius 1 is 1.38 bits per heavy atom. The highest BCUT2D eigenvalue weighted by Gasteiger charge is 2.11. The molecule has 0 saturated carbocycles. The summed E-state index contributed by atoms with van der Waals surface area (Å²) in [4.78, 5) is 8.60. The fraction of sp³-hybridized carbons (Fsp3) is 0.545. The first kappa shape index (κ1) is 12.8. The normalized spacial score (nSPS) is 12.5. The van der Waals surface area contributed by atoms with Crippen LogP contribution in [0, 0.1) is 5.92 Å². The molecule has 1 heterocycles. The fourth-order valence-electron chi connectivity index (χ4n) is 1.62.